The van der Waals surface area contributed by atoms with Crippen LogP contribution in [0.3, 0.4) is 0 Å². The molecule has 0 unspecified atom stereocenters. The molecule has 0 N–H and O–H groups in total. The van der Waals surface area contributed by atoms with Crippen molar-refractivity contribution < 1.29 is 4.42 Å². The zero-order chi connectivity index (χ0) is 9.97. The van der Waals surface area contributed by atoms with Gasteiger partial charge in [0, 0.05) is 10.6 Å². The summed E-state index contributed by atoms with van der Waals surface area (Å²) in [5.41, 5.74) is 1.66. The highest BCUT2D eigenvalue weighted by molar-refractivity contribution is 6.30. The van der Waals surface area contributed by atoms with Crippen molar-refractivity contribution in [3.05, 3.63) is 47.4 Å². The molecule has 0 aliphatic rings. The molecule has 0 atom stereocenters. The Labute approximate surface area is 86.3 Å². The first-order valence-electron chi connectivity index (χ1n) is 4.05. The molecule has 0 amide bonds. The highest BCUT2D eigenvalue weighted by atomic mass is 35.5. The first kappa shape index (κ1) is 8.86. The minimum atomic E-state index is 0.312. The van der Waals surface area contributed by atoms with E-state index in [0.717, 1.165) is 11.1 Å². The monoisotopic (exact) mass is 203 g/mol. The molecule has 2 rings (SSSR count). The van der Waals surface area contributed by atoms with E-state index in [0.29, 0.717) is 10.8 Å². The summed E-state index contributed by atoms with van der Waals surface area (Å²) in [6, 6.07) is 11.1. The van der Waals surface area contributed by atoms with E-state index in [2.05, 4.69) is 0 Å². The lowest BCUT2D eigenvalue weighted by atomic mass is 10.1. The molecule has 1 aromatic carbocycles. The summed E-state index contributed by atoms with van der Waals surface area (Å²) in [5.74, 6) is 0.312. The summed E-state index contributed by atoms with van der Waals surface area (Å²) >= 11 is 5.84. The average molecular weight is 204 g/mol. The minimum Gasteiger partial charge on any atom is -0.453 e. The van der Waals surface area contributed by atoms with Crippen molar-refractivity contribution in [1.29, 1.82) is 5.26 Å². The van der Waals surface area contributed by atoms with Crippen LogP contribution in [0.25, 0.3) is 11.1 Å². The molecule has 1 heterocycles. The molecule has 0 saturated carbocycles. The van der Waals surface area contributed by atoms with Crippen molar-refractivity contribution in [2.75, 3.05) is 0 Å². The van der Waals surface area contributed by atoms with Gasteiger partial charge in [0.2, 0.25) is 5.76 Å². The fraction of sp³-hybridized carbons (Fsp3) is 0. The second-order valence-electron chi connectivity index (χ2n) is 2.79. The van der Waals surface area contributed by atoms with E-state index in [1.165, 1.54) is 6.26 Å². The zero-order valence-electron chi connectivity index (χ0n) is 7.20. The Balaban J connectivity index is 2.56. The Hall–Kier alpha value is -1.72. The summed E-state index contributed by atoms with van der Waals surface area (Å²) in [5, 5.41) is 9.41. The predicted octanol–water partition coefficient (Wildman–Crippen LogP) is 3.47. The van der Waals surface area contributed by atoms with Crippen LogP contribution in [0, 0.1) is 11.3 Å². The molecule has 2 nitrogen and oxygen atoms in total. The molecule has 0 aliphatic carbocycles. The van der Waals surface area contributed by atoms with Crippen LogP contribution in [-0.4, -0.2) is 0 Å². The van der Waals surface area contributed by atoms with Gasteiger partial charge in [0.1, 0.15) is 6.07 Å². The van der Waals surface area contributed by atoms with Gasteiger partial charge >= 0.3 is 0 Å². The first-order chi connectivity index (χ1) is 6.81. The molecule has 14 heavy (non-hydrogen) atoms. The van der Waals surface area contributed by atoms with Crippen LogP contribution in [0.5, 0.6) is 0 Å². The third-order valence-corrected chi connectivity index (χ3v) is 2.14. The molecule has 0 radical (unpaired) electrons. The SMILES string of the molecule is N#Cc1occc1-c1cccc(Cl)c1. The van der Waals surface area contributed by atoms with Gasteiger partial charge in [-0.05, 0) is 23.8 Å². The molecule has 0 bridgehead atoms. The topological polar surface area (TPSA) is 36.9 Å². The maximum atomic E-state index is 8.76. The molecule has 68 valence electrons. The number of furan rings is 1. The second kappa shape index (κ2) is 3.57. The lowest BCUT2D eigenvalue weighted by molar-refractivity contribution is 0.553. The smallest absolute Gasteiger partial charge is 0.211 e. The van der Waals surface area contributed by atoms with Gasteiger partial charge in [-0.1, -0.05) is 23.7 Å². The molecule has 0 spiro atoms. The third kappa shape index (κ3) is 1.50. The standard InChI is InChI=1S/C11H6ClNO/c12-9-3-1-2-8(6-9)10-4-5-14-11(10)7-13/h1-6H. The third-order valence-electron chi connectivity index (χ3n) is 1.90. The van der Waals surface area contributed by atoms with E-state index >= 15 is 0 Å². The van der Waals surface area contributed by atoms with E-state index in [9.17, 15) is 0 Å². The van der Waals surface area contributed by atoms with Gasteiger partial charge in [-0.2, -0.15) is 5.26 Å². The Morgan fingerprint density at radius 1 is 1.29 bits per heavy atom. The zero-order valence-corrected chi connectivity index (χ0v) is 7.95. The normalized spacial score (nSPS) is 9.71. The highest BCUT2D eigenvalue weighted by Crippen LogP contribution is 2.26. The Morgan fingerprint density at radius 3 is 2.86 bits per heavy atom. The molecule has 0 fully saturated rings. The van der Waals surface area contributed by atoms with E-state index in [4.69, 9.17) is 21.3 Å². The van der Waals surface area contributed by atoms with Crippen LogP contribution in [-0.2, 0) is 0 Å². The second-order valence-corrected chi connectivity index (χ2v) is 3.22. The van der Waals surface area contributed by atoms with E-state index in [-0.39, 0.29) is 0 Å². The molecular weight excluding hydrogens is 198 g/mol. The summed E-state index contributed by atoms with van der Waals surface area (Å²) < 4.78 is 5.00. The molecule has 3 heteroatoms. The van der Waals surface area contributed by atoms with Crippen LogP contribution >= 0.6 is 11.6 Å². The predicted molar refractivity (Wildman–Crippen MR) is 53.9 cm³/mol. The fourth-order valence-electron chi connectivity index (χ4n) is 1.28. The number of rotatable bonds is 1. The van der Waals surface area contributed by atoms with Gasteiger partial charge in [0.25, 0.3) is 0 Å². The van der Waals surface area contributed by atoms with Crippen molar-refractivity contribution in [1.82, 2.24) is 0 Å². The van der Waals surface area contributed by atoms with Crippen molar-refractivity contribution in [3.63, 3.8) is 0 Å². The highest BCUT2D eigenvalue weighted by Gasteiger charge is 2.07. The van der Waals surface area contributed by atoms with Gasteiger partial charge in [0.05, 0.1) is 6.26 Å². The summed E-state index contributed by atoms with van der Waals surface area (Å²) in [4.78, 5) is 0. The molecule has 0 saturated heterocycles. The van der Waals surface area contributed by atoms with Gasteiger partial charge in [-0.25, -0.2) is 0 Å². The van der Waals surface area contributed by atoms with Crippen LogP contribution in [0.4, 0.5) is 0 Å². The lowest BCUT2D eigenvalue weighted by Gasteiger charge is -1.97. The van der Waals surface area contributed by atoms with Gasteiger partial charge in [0.15, 0.2) is 0 Å². The quantitative estimate of drug-likeness (QED) is 0.712. The van der Waals surface area contributed by atoms with Crippen LogP contribution in [0.1, 0.15) is 5.76 Å². The number of hydrogen-bond acceptors (Lipinski definition) is 2. The number of benzene rings is 1. The van der Waals surface area contributed by atoms with Crippen molar-refractivity contribution in [2.45, 2.75) is 0 Å². The Kier molecular flexibility index (Phi) is 2.26. The number of hydrogen-bond donors (Lipinski definition) is 0. The number of nitrogens with zero attached hydrogens (tertiary/aromatic N) is 1. The number of halogens is 1. The summed E-state index contributed by atoms with van der Waals surface area (Å²) in [6.45, 7) is 0. The van der Waals surface area contributed by atoms with E-state index in [1.807, 2.05) is 18.2 Å². The first-order valence-corrected chi connectivity index (χ1v) is 4.42. The maximum Gasteiger partial charge on any atom is 0.211 e. The number of nitriles is 1. The molecular formula is C11H6ClNO. The van der Waals surface area contributed by atoms with E-state index < -0.39 is 0 Å². The fourth-order valence-corrected chi connectivity index (χ4v) is 1.47. The van der Waals surface area contributed by atoms with Crippen molar-refractivity contribution in [3.8, 4) is 17.2 Å². The van der Waals surface area contributed by atoms with Crippen molar-refractivity contribution in [2.24, 2.45) is 0 Å². The van der Waals surface area contributed by atoms with Crippen LogP contribution in [0.15, 0.2) is 41.0 Å². The van der Waals surface area contributed by atoms with E-state index in [1.54, 1.807) is 18.2 Å². The average Bonchev–Trinajstić information content (AvgIpc) is 2.65. The minimum absolute atomic E-state index is 0.312. The van der Waals surface area contributed by atoms with Gasteiger partial charge in [-0.15, -0.1) is 0 Å². The molecule has 2 aromatic rings. The lowest BCUT2D eigenvalue weighted by Crippen LogP contribution is -1.77. The maximum absolute atomic E-state index is 8.76. The Morgan fingerprint density at radius 2 is 2.14 bits per heavy atom. The molecule has 0 aliphatic heterocycles. The summed E-state index contributed by atoms with van der Waals surface area (Å²) in [7, 11) is 0. The van der Waals surface area contributed by atoms with Gasteiger partial charge < -0.3 is 4.42 Å². The Bertz CT molecular complexity index is 496. The van der Waals surface area contributed by atoms with Gasteiger partial charge in [-0.3, -0.25) is 0 Å². The van der Waals surface area contributed by atoms with Crippen molar-refractivity contribution >= 4 is 11.6 Å². The van der Waals surface area contributed by atoms with Crippen LogP contribution < -0.4 is 0 Å². The summed E-state index contributed by atoms with van der Waals surface area (Å²) in [6.07, 6.45) is 1.49. The van der Waals surface area contributed by atoms with Crippen LogP contribution in [0.2, 0.25) is 5.02 Å². The largest absolute Gasteiger partial charge is 0.453 e. The molecule has 1 aromatic heterocycles.